The maximum atomic E-state index is 5.89. The summed E-state index contributed by atoms with van der Waals surface area (Å²) in [6.07, 6.45) is 2.31. The van der Waals surface area contributed by atoms with E-state index in [0.717, 1.165) is 30.2 Å². The molecule has 5 nitrogen and oxygen atoms in total. The number of hydrogen-bond donors (Lipinski definition) is 0. The van der Waals surface area contributed by atoms with E-state index in [4.69, 9.17) is 9.47 Å². The van der Waals surface area contributed by atoms with Gasteiger partial charge in [-0.15, -0.1) is 0 Å². The number of morpholine rings is 1. The summed E-state index contributed by atoms with van der Waals surface area (Å²) in [4.78, 5) is 6.84. The van der Waals surface area contributed by atoms with Crippen LogP contribution in [0.25, 0.3) is 21.8 Å². The summed E-state index contributed by atoms with van der Waals surface area (Å²) in [5.41, 5.74) is 4.53. The van der Waals surface area contributed by atoms with E-state index in [1.165, 1.54) is 21.8 Å². The molecule has 0 radical (unpaired) electrons. The highest BCUT2D eigenvalue weighted by atomic mass is 16.5. The van der Waals surface area contributed by atoms with Gasteiger partial charge in [0.05, 0.1) is 41.7 Å². The van der Waals surface area contributed by atoms with Crippen LogP contribution in [-0.4, -0.2) is 42.0 Å². The first kappa shape index (κ1) is 16.2. The number of aryl methyl sites for hydroxylation is 2. The molecule has 2 atom stereocenters. The monoisotopic (exact) mass is 339 g/mol. The maximum Gasteiger partial charge on any atom is 0.144 e. The molecule has 1 aliphatic rings. The van der Waals surface area contributed by atoms with Crippen LogP contribution < -0.4 is 9.64 Å². The van der Waals surface area contributed by atoms with Crippen molar-refractivity contribution in [3.63, 3.8) is 0 Å². The van der Waals surface area contributed by atoms with E-state index in [2.05, 4.69) is 60.5 Å². The third-order valence-corrected chi connectivity index (χ3v) is 5.15. The van der Waals surface area contributed by atoms with Crippen LogP contribution in [0.4, 0.5) is 5.69 Å². The summed E-state index contributed by atoms with van der Waals surface area (Å²) in [6, 6.07) is 6.51. The van der Waals surface area contributed by atoms with Crippen molar-refractivity contribution in [3.05, 3.63) is 30.1 Å². The average molecular weight is 339 g/mol. The maximum absolute atomic E-state index is 5.89. The zero-order valence-electron chi connectivity index (χ0n) is 15.5. The Kier molecular flexibility index (Phi) is 3.84. The van der Waals surface area contributed by atoms with Crippen molar-refractivity contribution in [1.82, 2.24) is 9.55 Å². The Labute approximate surface area is 148 Å². The smallest absolute Gasteiger partial charge is 0.144 e. The van der Waals surface area contributed by atoms with Gasteiger partial charge >= 0.3 is 0 Å². The van der Waals surface area contributed by atoms with Crippen molar-refractivity contribution in [3.8, 4) is 5.75 Å². The summed E-state index contributed by atoms with van der Waals surface area (Å²) < 4.78 is 13.9. The van der Waals surface area contributed by atoms with Gasteiger partial charge in [0.15, 0.2) is 0 Å². The Morgan fingerprint density at radius 2 is 1.88 bits per heavy atom. The van der Waals surface area contributed by atoms with Gasteiger partial charge in [0, 0.05) is 43.2 Å². The first-order chi connectivity index (χ1) is 12.0. The fraction of sp³-hybridized carbons (Fsp3) is 0.450. The van der Waals surface area contributed by atoms with Gasteiger partial charge in [0.2, 0.25) is 0 Å². The molecule has 4 rings (SSSR count). The van der Waals surface area contributed by atoms with Crippen LogP contribution >= 0.6 is 0 Å². The molecule has 1 fully saturated rings. The van der Waals surface area contributed by atoms with Crippen LogP contribution in [0.15, 0.2) is 24.4 Å². The number of fused-ring (bicyclic) bond motifs is 3. The van der Waals surface area contributed by atoms with Crippen LogP contribution in [0.2, 0.25) is 0 Å². The molecule has 0 amide bonds. The normalized spacial score (nSPS) is 21.2. The highest BCUT2D eigenvalue weighted by Gasteiger charge is 2.25. The van der Waals surface area contributed by atoms with Crippen molar-refractivity contribution >= 4 is 27.5 Å². The van der Waals surface area contributed by atoms with E-state index in [1.54, 1.807) is 7.11 Å². The zero-order valence-corrected chi connectivity index (χ0v) is 15.5. The summed E-state index contributed by atoms with van der Waals surface area (Å²) in [5, 5.41) is 2.48. The minimum atomic E-state index is 0.211. The van der Waals surface area contributed by atoms with Gasteiger partial charge < -0.3 is 18.9 Å². The van der Waals surface area contributed by atoms with E-state index in [0.29, 0.717) is 0 Å². The van der Waals surface area contributed by atoms with E-state index < -0.39 is 0 Å². The molecule has 25 heavy (non-hydrogen) atoms. The topological polar surface area (TPSA) is 39.5 Å². The van der Waals surface area contributed by atoms with Crippen LogP contribution in [0.5, 0.6) is 5.75 Å². The van der Waals surface area contributed by atoms with Crippen LogP contribution in [0.1, 0.15) is 19.5 Å². The van der Waals surface area contributed by atoms with Gasteiger partial charge in [0.25, 0.3) is 0 Å². The second kappa shape index (κ2) is 5.92. The molecule has 0 aliphatic carbocycles. The fourth-order valence-corrected chi connectivity index (χ4v) is 4.16. The Bertz CT molecular complexity index is 937. The number of anilines is 1. The number of nitrogens with zero attached hydrogens (tertiary/aromatic N) is 3. The lowest BCUT2D eigenvalue weighted by atomic mass is 10.1. The molecule has 1 aromatic carbocycles. The number of methoxy groups -OCH3 is 1. The van der Waals surface area contributed by atoms with E-state index in [-0.39, 0.29) is 12.2 Å². The summed E-state index contributed by atoms with van der Waals surface area (Å²) in [5.74, 6) is 0.908. The number of ether oxygens (including phenoxy) is 2. The summed E-state index contributed by atoms with van der Waals surface area (Å²) in [6.45, 7) is 8.06. The third-order valence-electron chi connectivity index (χ3n) is 5.15. The molecule has 2 aromatic heterocycles. The van der Waals surface area contributed by atoms with E-state index in [1.807, 2.05) is 6.20 Å². The molecule has 0 bridgehead atoms. The fourth-order valence-electron chi connectivity index (χ4n) is 4.16. The highest BCUT2D eigenvalue weighted by Crippen LogP contribution is 2.39. The molecule has 0 N–H and O–H groups in total. The van der Waals surface area contributed by atoms with Gasteiger partial charge in [-0.25, -0.2) is 0 Å². The van der Waals surface area contributed by atoms with Crippen LogP contribution in [0, 0.1) is 6.92 Å². The Morgan fingerprint density at radius 3 is 2.56 bits per heavy atom. The molecule has 0 spiro atoms. The first-order valence-electron chi connectivity index (χ1n) is 8.81. The Balaban J connectivity index is 1.96. The van der Waals surface area contributed by atoms with Crippen molar-refractivity contribution in [1.29, 1.82) is 0 Å². The Hall–Kier alpha value is -2.27. The van der Waals surface area contributed by atoms with Gasteiger partial charge in [-0.3, -0.25) is 4.98 Å². The minimum absolute atomic E-state index is 0.211. The van der Waals surface area contributed by atoms with Gasteiger partial charge in [0.1, 0.15) is 5.75 Å². The number of pyridine rings is 1. The second-order valence-corrected chi connectivity index (χ2v) is 7.06. The second-order valence-electron chi connectivity index (χ2n) is 7.06. The predicted molar refractivity (Wildman–Crippen MR) is 102 cm³/mol. The quantitative estimate of drug-likeness (QED) is 0.714. The average Bonchev–Trinajstić information content (AvgIpc) is 2.86. The van der Waals surface area contributed by atoms with Gasteiger partial charge in [-0.05, 0) is 32.9 Å². The molecule has 132 valence electrons. The van der Waals surface area contributed by atoms with Crippen molar-refractivity contribution in [2.45, 2.75) is 33.0 Å². The van der Waals surface area contributed by atoms with Gasteiger partial charge in [-0.1, -0.05) is 0 Å². The lowest BCUT2D eigenvalue weighted by molar-refractivity contribution is -0.00531. The molecule has 0 unspecified atom stereocenters. The standard InChI is InChI=1S/C20H25N3O2/c1-12-10-23(11-13(2)25-12)18-8-16-15-6-7-21-14(3)20(15)22(4)17(16)9-19(18)24-5/h6-9,12-13H,10-11H2,1-5H3/t12-,13+. The molecular weight excluding hydrogens is 314 g/mol. The van der Waals surface area contributed by atoms with Crippen molar-refractivity contribution in [2.75, 3.05) is 25.1 Å². The number of aromatic nitrogens is 2. The van der Waals surface area contributed by atoms with E-state index >= 15 is 0 Å². The zero-order chi connectivity index (χ0) is 17.7. The number of hydrogen-bond acceptors (Lipinski definition) is 4. The first-order valence-corrected chi connectivity index (χ1v) is 8.81. The molecule has 5 heteroatoms. The van der Waals surface area contributed by atoms with Gasteiger partial charge in [-0.2, -0.15) is 0 Å². The molecule has 3 heterocycles. The molecular formula is C20H25N3O2. The summed E-state index contributed by atoms with van der Waals surface area (Å²) in [7, 11) is 3.84. The molecule has 1 saturated heterocycles. The minimum Gasteiger partial charge on any atom is -0.495 e. The highest BCUT2D eigenvalue weighted by molar-refractivity contribution is 6.10. The third kappa shape index (κ3) is 2.54. The molecule has 0 saturated carbocycles. The lowest BCUT2D eigenvalue weighted by Gasteiger charge is -2.37. The van der Waals surface area contributed by atoms with Crippen LogP contribution in [0.3, 0.4) is 0 Å². The van der Waals surface area contributed by atoms with E-state index in [9.17, 15) is 0 Å². The summed E-state index contributed by atoms with van der Waals surface area (Å²) >= 11 is 0. The van der Waals surface area contributed by atoms with Crippen LogP contribution in [-0.2, 0) is 11.8 Å². The molecule has 1 aliphatic heterocycles. The van der Waals surface area contributed by atoms with Crippen molar-refractivity contribution in [2.24, 2.45) is 7.05 Å². The number of benzene rings is 1. The Morgan fingerprint density at radius 1 is 1.16 bits per heavy atom. The number of rotatable bonds is 2. The predicted octanol–water partition coefficient (Wildman–Crippen LogP) is 3.66. The van der Waals surface area contributed by atoms with Crippen molar-refractivity contribution < 1.29 is 9.47 Å². The largest absolute Gasteiger partial charge is 0.495 e. The molecule has 3 aromatic rings. The SMILES string of the molecule is COc1cc2c(cc1N1C[C@@H](C)O[C@@H](C)C1)c1ccnc(C)c1n2C. The lowest BCUT2D eigenvalue weighted by Crippen LogP contribution is -2.45.